The molecule has 2 aliphatic heterocycles. The highest BCUT2D eigenvalue weighted by Crippen LogP contribution is 2.40. The number of anilines is 3. The van der Waals surface area contributed by atoms with E-state index in [1.54, 1.807) is 53.8 Å². The van der Waals surface area contributed by atoms with Gasteiger partial charge in [0.25, 0.3) is 5.91 Å². The van der Waals surface area contributed by atoms with Gasteiger partial charge in [-0.25, -0.2) is 9.97 Å². The van der Waals surface area contributed by atoms with Crippen molar-refractivity contribution in [3.63, 3.8) is 0 Å². The number of hydrogen-bond donors (Lipinski definition) is 4. The molecular formula is C51H62F3N9O7S2. The molecule has 2 aromatic carbocycles. The van der Waals surface area contributed by atoms with Crippen molar-refractivity contribution in [2.75, 3.05) is 54.6 Å². The number of rotatable bonds is 21. The topological polar surface area (TPSA) is 202 Å². The average molecular weight is 1030 g/mol. The van der Waals surface area contributed by atoms with Gasteiger partial charge in [-0.2, -0.15) is 18.4 Å². The summed E-state index contributed by atoms with van der Waals surface area (Å²) in [5, 5.41) is 28.9. The van der Waals surface area contributed by atoms with E-state index in [2.05, 4.69) is 25.9 Å². The fourth-order valence-corrected chi connectivity index (χ4v) is 9.89. The zero-order chi connectivity index (χ0) is 52.5. The number of nitrogens with zero attached hydrogens (tertiary/aromatic N) is 6. The summed E-state index contributed by atoms with van der Waals surface area (Å²) < 4.78 is 52.5. The number of alkyl halides is 3. The first-order valence-electron chi connectivity index (χ1n) is 23.8. The molecule has 0 spiro atoms. The number of likely N-dealkylation sites (tertiary alicyclic amines) is 1. The normalized spacial score (nSPS) is 17.7. The van der Waals surface area contributed by atoms with Crippen molar-refractivity contribution in [3.05, 3.63) is 88.7 Å². The number of unbranched alkanes of at least 4 members (excludes halogenated alkanes) is 2. The molecule has 0 unspecified atom stereocenters. The van der Waals surface area contributed by atoms with E-state index in [0.717, 1.165) is 58.0 Å². The first kappa shape index (κ1) is 55.3. The first-order valence-corrected chi connectivity index (χ1v) is 25.1. The number of halogens is 3. The van der Waals surface area contributed by atoms with Crippen molar-refractivity contribution in [3.8, 4) is 16.5 Å². The molecule has 6 rings (SSSR count). The lowest BCUT2D eigenvalue weighted by Gasteiger charge is -2.35. The molecule has 0 bridgehead atoms. The average Bonchev–Trinajstić information content (AvgIpc) is 4.00. The number of nitriles is 1. The molecule has 0 aliphatic carbocycles. The smallest absolute Gasteiger partial charge is 0.391 e. The highest BCUT2D eigenvalue weighted by molar-refractivity contribution is 7.81. The Labute approximate surface area is 427 Å². The van der Waals surface area contributed by atoms with Crippen molar-refractivity contribution in [1.82, 2.24) is 25.5 Å². The van der Waals surface area contributed by atoms with Crippen LogP contribution in [-0.4, -0.2) is 112 Å². The van der Waals surface area contributed by atoms with Gasteiger partial charge in [0.2, 0.25) is 17.7 Å². The van der Waals surface area contributed by atoms with E-state index in [-0.39, 0.29) is 48.9 Å². The summed E-state index contributed by atoms with van der Waals surface area (Å²) in [4.78, 5) is 68.0. The van der Waals surface area contributed by atoms with Crippen LogP contribution in [-0.2, 0) is 34.8 Å². The molecule has 2 aliphatic rings. The third kappa shape index (κ3) is 13.3. The second kappa shape index (κ2) is 23.7. The summed E-state index contributed by atoms with van der Waals surface area (Å²) in [5.74, 6) is -1.27. The van der Waals surface area contributed by atoms with Crippen LogP contribution in [0.25, 0.3) is 10.4 Å². The summed E-state index contributed by atoms with van der Waals surface area (Å²) in [6.07, 6.45) is -1.02. The molecule has 16 nitrogen and oxygen atoms in total. The van der Waals surface area contributed by atoms with Crippen LogP contribution >= 0.6 is 23.6 Å². The van der Waals surface area contributed by atoms with Crippen LogP contribution in [0.5, 0.6) is 0 Å². The van der Waals surface area contributed by atoms with Gasteiger partial charge in [0.15, 0.2) is 5.11 Å². The van der Waals surface area contributed by atoms with Crippen LogP contribution in [0.15, 0.2) is 66.3 Å². The van der Waals surface area contributed by atoms with Crippen molar-refractivity contribution >= 4 is 69.5 Å². The molecule has 4 N–H and O–H groups in total. The molecule has 386 valence electrons. The predicted molar refractivity (Wildman–Crippen MR) is 272 cm³/mol. The minimum atomic E-state index is -4.80. The zero-order valence-corrected chi connectivity index (χ0v) is 43.1. The minimum absolute atomic E-state index is 0.0192. The molecule has 2 fully saturated rings. The Morgan fingerprint density at radius 1 is 0.972 bits per heavy atom. The fourth-order valence-electron chi connectivity index (χ4n) is 8.55. The molecule has 4 heterocycles. The molecule has 4 atom stereocenters. The second-order valence-electron chi connectivity index (χ2n) is 19.4. The molecule has 2 aromatic heterocycles. The van der Waals surface area contributed by atoms with E-state index in [4.69, 9.17) is 21.7 Å². The Bertz CT molecular complexity index is 2620. The Morgan fingerprint density at radius 2 is 1.67 bits per heavy atom. The Balaban J connectivity index is 0.859. The van der Waals surface area contributed by atoms with Gasteiger partial charge in [0.05, 0.1) is 63.0 Å². The van der Waals surface area contributed by atoms with Crippen molar-refractivity contribution in [1.29, 1.82) is 5.26 Å². The zero-order valence-electron chi connectivity index (χ0n) is 41.5. The highest BCUT2D eigenvalue weighted by Gasteiger charge is 2.51. The SMILES string of the molecule is Cc1ncsc1-c1ccc([C@H](C)NC(=O)[C@@H]2C[C@@H](O)CN2C(=O)[C@@H](NC(=O)COCCCOCCCCCNc2ccc(N3C(=S)N(c4ccc(C#N)c(C(F)(F)F)c4)C(=O)C3(C)C)cn2)C(C)(C)C)cc1. The van der Waals surface area contributed by atoms with Gasteiger partial charge in [-0.1, -0.05) is 45.0 Å². The van der Waals surface area contributed by atoms with Gasteiger partial charge in [-0.3, -0.25) is 24.1 Å². The number of aryl methyl sites for hydroxylation is 1. The number of aliphatic hydroxyl groups excluding tert-OH is 1. The van der Waals surface area contributed by atoms with Gasteiger partial charge in [-0.15, -0.1) is 11.3 Å². The number of ether oxygens (including phenoxy) is 2. The predicted octanol–water partition coefficient (Wildman–Crippen LogP) is 7.70. The minimum Gasteiger partial charge on any atom is -0.391 e. The van der Waals surface area contributed by atoms with E-state index >= 15 is 0 Å². The summed E-state index contributed by atoms with van der Waals surface area (Å²) in [6, 6.07) is 13.7. The number of nitrogens with one attached hydrogen (secondary N) is 3. The van der Waals surface area contributed by atoms with Crippen molar-refractivity contribution in [2.24, 2.45) is 5.41 Å². The number of carbonyl (C=O) groups is 4. The van der Waals surface area contributed by atoms with Gasteiger partial charge in [0.1, 0.15) is 30.0 Å². The largest absolute Gasteiger partial charge is 0.417 e. The van der Waals surface area contributed by atoms with E-state index in [9.17, 15) is 42.7 Å². The molecule has 4 amide bonds. The molecule has 21 heteroatoms. The maximum absolute atomic E-state index is 14.0. The lowest BCUT2D eigenvalue weighted by Crippen LogP contribution is -2.58. The Hall–Kier alpha value is -6.05. The van der Waals surface area contributed by atoms with Gasteiger partial charge >= 0.3 is 6.18 Å². The number of aromatic nitrogens is 2. The monoisotopic (exact) mass is 1030 g/mol. The van der Waals surface area contributed by atoms with Gasteiger partial charge in [-0.05, 0) is 112 Å². The third-order valence-corrected chi connectivity index (χ3v) is 13.8. The Kier molecular flexibility index (Phi) is 18.2. The summed E-state index contributed by atoms with van der Waals surface area (Å²) >= 11 is 7.18. The number of hydrogen-bond acceptors (Lipinski definition) is 13. The summed E-state index contributed by atoms with van der Waals surface area (Å²) in [5.41, 5.74) is 1.39. The van der Waals surface area contributed by atoms with Crippen LogP contribution in [0, 0.1) is 23.7 Å². The number of amides is 4. The molecule has 2 saturated heterocycles. The lowest BCUT2D eigenvalue weighted by molar-refractivity contribution is -0.144. The lowest BCUT2D eigenvalue weighted by atomic mass is 9.85. The quantitative estimate of drug-likeness (QED) is 0.0468. The Morgan fingerprint density at radius 3 is 2.31 bits per heavy atom. The highest BCUT2D eigenvalue weighted by atomic mass is 32.1. The fraction of sp³-hybridized carbons (Fsp3) is 0.490. The second-order valence-corrected chi connectivity index (χ2v) is 20.7. The number of β-amino-alcohol motifs (C(OH)–C–C–N with tert-alkyl or cyclic N) is 1. The van der Waals surface area contributed by atoms with E-state index in [1.165, 1.54) is 17.2 Å². The van der Waals surface area contributed by atoms with Crippen LogP contribution < -0.4 is 25.8 Å². The molecule has 0 radical (unpaired) electrons. The first-order chi connectivity index (χ1) is 34.0. The van der Waals surface area contributed by atoms with Gasteiger partial charge < -0.3 is 40.3 Å². The number of benzene rings is 2. The van der Waals surface area contributed by atoms with Crippen LogP contribution in [0.3, 0.4) is 0 Å². The number of carbonyl (C=O) groups excluding carboxylic acids is 4. The molecule has 0 saturated carbocycles. The maximum Gasteiger partial charge on any atom is 0.417 e. The van der Waals surface area contributed by atoms with E-state index in [1.807, 2.05) is 58.9 Å². The summed E-state index contributed by atoms with van der Waals surface area (Å²) in [7, 11) is 0. The standard InChI is InChI=1S/C51H62F3N9O7S2/c1-31(33-12-14-34(15-13-33)43-32(2)58-30-72-43)59-45(66)40-25-38(64)28-61(40)46(67)44(49(3,4)5)60-42(65)29-70-23-11-22-69-21-10-8-9-20-56-41-19-18-37(27-57-41)63-48(71)62(47(68)50(63,6)7)36-17-16-35(26-55)39(24-36)51(52,53)54/h12-19,24,27,30-31,38,40,44,64H,8-11,20-23,25,28-29H2,1-7H3,(H,56,57)(H,59,66)(H,60,65)/t31-,38+,40-,44+/m0/s1. The number of thiazole rings is 1. The number of pyridine rings is 1. The van der Waals surface area contributed by atoms with E-state index < -0.39 is 64.2 Å². The van der Waals surface area contributed by atoms with Crippen LogP contribution in [0.1, 0.15) is 102 Å². The van der Waals surface area contributed by atoms with E-state index in [0.29, 0.717) is 37.7 Å². The molecule has 4 aromatic rings. The number of aliphatic hydroxyl groups is 1. The third-order valence-electron chi connectivity index (χ3n) is 12.5. The van der Waals surface area contributed by atoms with Crippen LogP contribution in [0.4, 0.5) is 30.4 Å². The van der Waals surface area contributed by atoms with Gasteiger partial charge in [0, 0.05) is 39.3 Å². The van der Waals surface area contributed by atoms with Crippen molar-refractivity contribution < 1.29 is 46.9 Å². The number of thiocarbonyl (C=S) groups is 1. The molecular weight excluding hydrogens is 972 g/mol. The summed E-state index contributed by atoms with van der Waals surface area (Å²) in [6.45, 7) is 14.1. The maximum atomic E-state index is 14.0. The molecule has 72 heavy (non-hydrogen) atoms. The van der Waals surface area contributed by atoms with Crippen LogP contribution in [0.2, 0.25) is 0 Å². The van der Waals surface area contributed by atoms with Crippen molar-refractivity contribution in [2.45, 2.75) is 117 Å².